The molecule has 72 valence electrons. The fourth-order valence-corrected chi connectivity index (χ4v) is 3.15. The van der Waals surface area contributed by atoms with E-state index < -0.39 is 5.97 Å². The number of carboxylic acids is 1. The van der Waals surface area contributed by atoms with Crippen molar-refractivity contribution < 1.29 is 14.7 Å². The molecular weight excluding hydrogens is 168 g/mol. The first-order valence-electron chi connectivity index (χ1n) is 4.64. The highest BCUT2D eigenvalue weighted by Gasteiger charge is 2.62. The zero-order valence-corrected chi connectivity index (χ0v) is 7.96. The van der Waals surface area contributed by atoms with E-state index in [9.17, 15) is 9.59 Å². The van der Waals surface area contributed by atoms with E-state index in [4.69, 9.17) is 5.11 Å². The van der Waals surface area contributed by atoms with Gasteiger partial charge in [0.05, 0.1) is 5.92 Å². The number of fused-ring (bicyclic) bond motifs is 2. The molecule has 0 aromatic carbocycles. The van der Waals surface area contributed by atoms with Crippen molar-refractivity contribution in [3.8, 4) is 0 Å². The quantitative estimate of drug-likeness (QED) is 0.668. The molecule has 2 aliphatic rings. The number of carbonyl (C=O) groups excluding carboxylic acids is 1. The Balaban J connectivity index is 2.36. The summed E-state index contributed by atoms with van der Waals surface area (Å²) in [6, 6.07) is 0. The van der Waals surface area contributed by atoms with Crippen molar-refractivity contribution in [2.24, 2.45) is 16.7 Å². The van der Waals surface area contributed by atoms with Crippen LogP contribution in [0.4, 0.5) is 0 Å². The maximum Gasteiger partial charge on any atom is 0.307 e. The van der Waals surface area contributed by atoms with Crippen LogP contribution in [0.5, 0.6) is 0 Å². The Hall–Kier alpha value is -0.860. The maximum absolute atomic E-state index is 11.5. The first-order chi connectivity index (χ1) is 5.87. The average molecular weight is 182 g/mol. The SMILES string of the molecule is C[C@@]12C[C@@H](C(=O)O)[C@@](C)(CC1=O)C2. The van der Waals surface area contributed by atoms with Gasteiger partial charge < -0.3 is 5.11 Å². The number of carboxylic acid groups (broad SMARTS) is 1. The topological polar surface area (TPSA) is 54.4 Å². The van der Waals surface area contributed by atoms with Gasteiger partial charge in [-0.25, -0.2) is 0 Å². The van der Waals surface area contributed by atoms with Crippen molar-refractivity contribution >= 4 is 11.8 Å². The minimum atomic E-state index is -0.737. The van der Waals surface area contributed by atoms with Gasteiger partial charge in [0.1, 0.15) is 5.78 Å². The highest BCUT2D eigenvalue weighted by Crippen LogP contribution is 2.62. The van der Waals surface area contributed by atoms with Crippen LogP contribution in [0, 0.1) is 16.7 Å². The van der Waals surface area contributed by atoms with Crippen LogP contribution in [0.1, 0.15) is 33.1 Å². The lowest BCUT2D eigenvalue weighted by Gasteiger charge is -2.28. The van der Waals surface area contributed by atoms with Crippen molar-refractivity contribution in [2.45, 2.75) is 33.1 Å². The van der Waals surface area contributed by atoms with Gasteiger partial charge in [-0.3, -0.25) is 9.59 Å². The number of hydrogen-bond acceptors (Lipinski definition) is 2. The highest BCUT2D eigenvalue weighted by atomic mass is 16.4. The molecule has 0 aliphatic heterocycles. The number of rotatable bonds is 1. The van der Waals surface area contributed by atoms with Crippen molar-refractivity contribution in [1.82, 2.24) is 0 Å². The molecule has 2 aliphatic carbocycles. The second kappa shape index (κ2) is 2.14. The Morgan fingerprint density at radius 3 is 2.46 bits per heavy atom. The molecule has 0 radical (unpaired) electrons. The molecule has 0 aromatic rings. The molecule has 2 saturated carbocycles. The fraction of sp³-hybridized carbons (Fsp3) is 0.800. The third-order valence-corrected chi connectivity index (χ3v) is 3.83. The predicted molar refractivity (Wildman–Crippen MR) is 46.2 cm³/mol. The molecule has 13 heavy (non-hydrogen) atoms. The average Bonchev–Trinajstić information content (AvgIpc) is 2.34. The molecule has 3 atom stereocenters. The van der Waals surface area contributed by atoms with Gasteiger partial charge >= 0.3 is 5.97 Å². The van der Waals surface area contributed by atoms with Gasteiger partial charge in [-0.1, -0.05) is 13.8 Å². The van der Waals surface area contributed by atoms with E-state index in [1.54, 1.807) is 0 Å². The standard InChI is InChI=1S/C10H14O3/c1-9-4-7(11)10(2,5-9)3-6(9)8(12)13/h6H,3-5H2,1-2H3,(H,12,13)/t6-,9-,10-/m0/s1. The van der Waals surface area contributed by atoms with Gasteiger partial charge in [-0.2, -0.15) is 0 Å². The smallest absolute Gasteiger partial charge is 0.307 e. The molecule has 3 heteroatoms. The molecule has 2 rings (SSSR count). The highest BCUT2D eigenvalue weighted by molar-refractivity contribution is 5.91. The number of hydrogen-bond donors (Lipinski definition) is 1. The zero-order valence-electron chi connectivity index (χ0n) is 7.96. The van der Waals surface area contributed by atoms with Gasteiger partial charge in [0.25, 0.3) is 0 Å². The van der Waals surface area contributed by atoms with E-state index in [0.29, 0.717) is 12.8 Å². The fourth-order valence-electron chi connectivity index (χ4n) is 3.15. The van der Waals surface area contributed by atoms with Crippen molar-refractivity contribution in [2.75, 3.05) is 0 Å². The van der Waals surface area contributed by atoms with Crippen LogP contribution in [0.3, 0.4) is 0 Å². The lowest BCUT2D eigenvalue weighted by molar-refractivity contribution is -0.147. The maximum atomic E-state index is 11.5. The monoisotopic (exact) mass is 182 g/mol. The largest absolute Gasteiger partial charge is 0.481 e. The van der Waals surface area contributed by atoms with Crippen LogP contribution in [0.2, 0.25) is 0 Å². The molecule has 0 unspecified atom stereocenters. The number of Topliss-reactive ketones (excluding diaryl/α,β-unsaturated/α-hetero) is 1. The van der Waals surface area contributed by atoms with E-state index in [1.165, 1.54) is 0 Å². The summed E-state index contributed by atoms with van der Waals surface area (Å²) in [6.45, 7) is 3.84. The van der Waals surface area contributed by atoms with Gasteiger partial charge in [0.2, 0.25) is 0 Å². The third-order valence-electron chi connectivity index (χ3n) is 3.83. The van der Waals surface area contributed by atoms with Crippen LogP contribution < -0.4 is 0 Å². The summed E-state index contributed by atoms with van der Waals surface area (Å²) < 4.78 is 0. The van der Waals surface area contributed by atoms with Gasteiger partial charge in [-0.15, -0.1) is 0 Å². The molecule has 0 saturated heterocycles. The van der Waals surface area contributed by atoms with E-state index in [0.717, 1.165) is 6.42 Å². The van der Waals surface area contributed by atoms with Crippen LogP contribution >= 0.6 is 0 Å². The second-order valence-electron chi connectivity index (χ2n) is 5.09. The van der Waals surface area contributed by atoms with Crippen molar-refractivity contribution in [3.05, 3.63) is 0 Å². The first-order valence-corrected chi connectivity index (χ1v) is 4.64. The molecule has 2 fully saturated rings. The normalized spacial score (nSPS) is 48.5. The Morgan fingerprint density at radius 1 is 1.54 bits per heavy atom. The Bertz CT molecular complexity index is 297. The number of ketones is 1. The second-order valence-corrected chi connectivity index (χ2v) is 5.09. The van der Waals surface area contributed by atoms with Gasteiger partial charge in [0.15, 0.2) is 0 Å². The van der Waals surface area contributed by atoms with Crippen molar-refractivity contribution in [1.29, 1.82) is 0 Å². The van der Waals surface area contributed by atoms with Crippen LogP contribution in [0.15, 0.2) is 0 Å². The first kappa shape index (κ1) is 8.73. The molecule has 3 nitrogen and oxygen atoms in total. The summed E-state index contributed by atoms with van der Waals surface area (Å²) in [4.78, 5) is 22.5. The lowest BCUT2D eigenvalue weighted by Crippen LogP contribution is -2.33. The number of aliphatic carboxylic acids is 1. The molecule has 0 amide bonds. The summed E-state index contributed by atoms with van der Waals surface area (Å²) in [5.41, 5.74) is -0.602. The number of carbonyl (C=O) groups is 2. The molecular formula is C10H14O3. The van der Waals surface area contributed by atoms with Crippen LogP contribution in [0.25, 0.3) is 0 Å². The summed E-state index contributed by atoms with van der Waals surface area (Å²) >= 11 is 0. The summed E-state index contributed by atoms with van der Waals surface area (Å²) in [7, 11) is 0. The van der Waals surface area contributed by atoms with E-state index in [1.807, 2.05) is 13.8 Å². The molecule has 2 bridgehead atoms. The van der Waals surface area contributed by atoms with E-state index >= 15 is 0 Å². The molecule has 1 N–H and O–H groups in total. The molecule has 0 aromatic heterocycles. The van der Waals surface area contributed by atoms with Crippen LogP contribution in [-0.4, -0.2) is 16.9 Å². The zero-order chi connectivity index (χ0) is 9.85. The van der Waals surface area contributed by atoms with Crippen LogP contribution in [-0.2, 0) is 9.59 Å². The predicted octanol–water partition coefficient (Wildman–Crippen LogP) is 1.47. The molecule has 0 spiro atoms. The van der Waals surface area contributed by atoms with E-state index in [-0.39, 0.29) is 22.5 Å². The van der Waals surface area contributed by atoms with E-state index in [2.05, 4.69) is 0 Å². The Morgan fingerprint density at radius 2 is 2.15 bits per heavy atom. The third kappa shape index (κ3) is 0.960. The summed E-state index contributed by atoms with van der Waals surface area (Å²) in [6.07, 6.45) is 1.76. The minimum absolute atomic E-state index is 0.257. The van der Waals surface area contributed by atoms with Gasteiger partial charge in [-0.05, 0) is 18.3 Å². The Kier molecular flexibility index (Phi) is 1.44. The molecule has 0 heterocycles. The lowest BCUT2D eigenvalue weighted by atomic mass is 9.74. The van der Waals surface area contributed by atoms with Crippen molar-refractivity contribution in [3.63, 3.8) is 0 Å². The Labute approximate surface area is 77.1 Å². The summed E-state index contributed by atoms with van der Waals surface area (Å²) in [5.74, 6) is -0.790. The van der Waals surface area contributed by atoms with Gasteiger partial charge in [0, 0.05) is 11.8 Å². The minimum Gasteiger partial charge on any atom is -0.481 e. The summed E-state index contributed by atoms with van der Waals surface area (Å²) in [5, 5.41) is 8.99.